The number of nitrogens with zero attached hydrogens (tertiary/aromatic N) is 1. The van der Waals surface area contributed by atoms with Gasteiger partial charge in [-0.3, -0.25) is 14.8 Å². The van der Waals surface area contributed by atoms with Gasteiger partial charge in [-0.05, 0) is 24.1 Å². The number of sulfone groups is 1. The van der Waals surface area contributed by atoms with Gasteiger partial charge in [0.15, 0.2) is 9.84 Å². The molecule has 0 spiro atoms. The van der Waals surface area contributed by atoms with Crippen LogP contribution in [-0.2, 0) is 25.9 Å². The van der Waals surface area contributed by atoms with Gasteiger partial charge in [0.25, 0.3) is 11.5 Å². The zero-order valence-corrected chi connectivity index (χ0v) is 16.9. The first kappa shape index (κ1) is 21.9. The third kappa shape index (κ3) is 5.04. The molecular formula is C19H21FN2O7S. The van der Waals surface area contributed by atoms with E-state index in [1.807, 2.05) is 0 Å². The van der Waals surface area contributed by atoms with Crippen LogP contribution in [0.2, 0.25) is 0 Å². The highest BCUT2D eigenvalue weighted by atomic mass is 32.2. The maximum absolute atomic E-state index is 14.6. The van der Waals surface area contributed by atoms with Crippen molar-refractivity contribution < 1.29 is 32.3 Å². The van der Waals surface area contributed by atoms with E-state index >= 15 is 0 Å². The Kier molecular flexibility index (Phi) is 6.54. The predicted octanol–water partition coefficient (Wildman–Crippen LogP) is 0.741. The van der Waals surface area contributed by atoms with E-state index in [1.165, 1.54) is 5.48 Å². The molecule has 162 valence electrons. The van der Waals surface area contributed by atoms with Crippen LogP contribution in [0, 0.1) is 5.82 Å². The second-order valence-electron chi connectivity index (χ2n) is 6.95. The smallest absolute Gasteiger partial charge is 0.261 e. The number of amides is 1. The van der Waals surface area contributed by atoms with Crippen LogP contribution in [0.5, 0.6) is 5.75 Å². The molecule has 1 unspecified atom stereocenters. The Morgan fingerprint density at radius 3 is 2.57 bits per heavy atom. The predicted molar refractivity (Wildman–Crippen MR) is 105 cm³/mol. The van der Waals surface area contributed by atoms with E-state index in [4.69, 9.17) is 14.7 Å². The molecular weight excluding hydrogens is 419 g/mol. The number of carbonyl (C=O) groups is 1. The summed E-state index contributed by atoms with van der Waals surface area (Å²) >= 11 is 0. The van der Waals surface area contributed by atoms with Gasteiger partial charge in [-0.2, -0.15) is 0 Å². The molecule has 0 saturated carbocycles. The van der Waals surface area contributed by atoms with Crippen LogP contribution in [0.4, 0.5) is 4.39 Å². The SMILES string of the molecule is CS(=O)(=O)C(CCn1cc(F)c(-c2ccc(OC3COC3)cc2)cc1=O)C(=O)NO. The molecule has 1 aliphatic rings. The highest BCUT2D eigenvalue weighted by molar-refractivity contribution is 7.92. The van der Waals surface area contributed by atoms with Gasteiger partial charge in [-0.25, -0.2) is 18.3 Å². The van der Waals surface area contributed by atoms with Crippen molar-refractivity contribution in [1.82, 2.24) is 10.0 Å². The van der Waals surface area contributed by atoms with E-state index in [9.17, 15) is 22.4 Å². The van der Waals surface area contributed by atoms with Gasteiger partial charge in [0.1, 0.15) is 22.9 Å². The number of carbonyl (C=O) groups excluding carboxylic acids is 1. The van der Waals surface area contributed by atoms with Gasteiger partial charge in [0, 0.05) is 30.6 Å². The molecule has 0 bridgehead atoms. The van der Waals surface area contributed by atoms with Gasteiger partial charge in [0.2, 0.25) is 0 Å². The molecule has 2 aromatic rings. The molecule has 1 fully saturated rings. The molecule has 9 nitrogen and oxygen atoms in total. The Balaban J connectivity index is 1.76. The fourth-order valence-electron chi connectivity index (χ4n) is 3.00. The molecule has 2 N–H and O–H groups in total. The van der Waals surface area contributed by atoms with Gasteiger partial charge in [0.05, 0.1) is 13.2 Å². The Morgan fingerprint density at radius 2 is 2.03 bits per heavy atom. The van der Waals surface area contributed by atoms with Crippen molar-refractivity contribution in [2.24, 2.45) is 0 Å². The van der Waals surface area contributed by atoms with Crippen LogP contribution < -0.4 is 15.8 Å². The number of benzene rings is 1. The summed E-state index contributed by atoms with van der Waals surface area (Å²) in [6.07, 6.45) is 1.50. The summed E-state index contributed by atoms with van der Waals surface area (Å²) in [6, 6.07) is 7.70. The lowest BCUT2D eigenvalue weighted by Gasteiger charge is -2.26. The quantitative estimate of drug-likeness (QED) is 0.458. The molecule has 1 aromatic heterocycles. The van der Waals surface area contributed by atoms with Gasteiger partial charge >= 0.3 is 0 Å². The van der Waals surface area contributed by atoms with E-state index in [0.717, 1.165) is 23.1 Å². The molecule has 3 rings (SSSR count). The summed E-state index contributed by atoms with van der Waals surface area (Å²) in [5.41, 5.74) is 1.29. The van der Waals surface area contributed by atoms with E-state index in [2.05, 4.69) is 0 Å². The van der Waals surface area contributed by atoms with Crippen LogP contribution in [0.1, 0.15) is 6.42 Å². The largest absolute Gasteiger partial charge is 0.486 e. The second kappa shape index (κ2) is 8.94. The normalized spacial score (nSPS) is 15.3. The minimum atomic E-state index is -3.83. The molecule has 30 heavy (non-hydrogen) atoms. The van der Waals surface area contributed by atoms with Gasteiger partial charge in [-0.15, -0.1) is 0 Å². The van der Waals surface area contributed by atoms with Crippen molar-refractivity contribution in [3.63, 3.8) is 0 Å². The molecule has 1 aromatic carbocycles. The molecule has 11 heteroatoms. The number of halogens is 1. The lowest BCUT2D eigenvalue weighted by molar-refractivity contribution is -0.128. The van der Waals surface area contributed by atoms with Crippen molar-refractivity contribution in [2.75, 3.05) is 19.5 Å². The Labute approximate surface area is 171 Å². The van der Waals surface area contributed by atoms with Gasteiger partial charge < -0.3 is 14.0 Å². The van der Waals surface area contributed by atoms with Crippen LogP contribution in [0.15, 0.2) is 41.3 Å². The Hall–Kier alpha value is -2.76. The monoisotopic (exact) mass is 440 g/mol. The summed E-state index contributed by atoms with van der Waals surface area (Å²) in [5, 5.41) is 7.14. The van der Waals surface area contributed by atoms with Crippen molar-refractivity contribution in [3.05, 3.63) is 52.7 Å². The van der Waals surface area contributed by atoms with Crippen LogP contribution in [0.3, 0.4) is 0 Å². The number of aromatic nitrogens is 1. The fourth-order valence-corrected chi connectivity index (χ4v) is 3.97. The third-order valence-electron chi connectivity index (χ3n) is 4.70. The number of aryl methyl sites for hydroxylation is 1. The van der Waals surface area contributed by atoms with Gasteiger partial charge in [-0.1, -0.05) is 12.1 Å². The summed E-state index contributed by atoms with van der Waals surface area (Å²) in [6.45, 7) is 0.820. The van der Waals surface area contributed by atoms with E-state index in [1.54, 1.807) is 24.3 Å². The lowest BCUT2D eigenvalue weighted by Crippen LogP contribution is -2.39. The number of hydrogen-bond donors (Lipinski definition) is 2. The van der Waals surface area contributed by atoms with Crippen molar-refractivity contribution in [1.29, 1.82) is 0 Å². The zero-order valence-electron chi connectivity index (χ0n) is 16.1. The summed E-state index contributed by atoms with van der Waals surface area (Å²) in [7, 11) is -3.83. The minimum Gasteiger partial charge on any atom is -0.486 e. The van der Waals surface area contributed by atoms with Crippen LogP contribution >= 0.6 is 0 Å². The number of rotatable bonds is 8. The minimum absolute atomic E-state index is 0.000176. The lowest BCUT2D eigenvalue weighted by atomic mass is 10.1. The molecule has 0 radical (unpaired) electrons. The molecule has 2 heterocycles. The first-order chi connectivity index (χ1) is 14.2. The molecule has 1 saturated heterocycles. The number of hydrogen-bond acceptors (Lipinski definition) is 7. The standard InChI is InChI=1S/C19H21FN2O7S/c1-30(26,27)17(19(24)21-25)6-7-22-9-16(20)15(8-18(22)23)12-2-4-13(5-3-12)29-14-10-28-11-14/h2-5,8-9,14,17,25H,6-7,10-11H2,1H3,(H,21,24). The number of hydroxylamine groups is 1. The van der Waals surface area contributed by atoms with E-state index < -0.39 is 32.4 Å². The highest BCUT2D eigenvalue weighted by Gasteiger charge is 2.28. The van der Waals surface area contributed by atoms with Crippen LogP contribution in [-0.4, -0.2) is 54.9 Å². The first-order valence-corrected chi connectivity index (χ1v) is 11.0. The molecule has 1 atom stereocenters. The highest BCUT2D eigenvalue weighted by Crippen LogP contribution is 2.25. The Bertz CT molecular complexity index is 1080. The summed E-state index contributed by atoms with van der Waals surface area (Å²) in [4.78, 5) is 24.0. The molecule has 1 amide bonds. The Morgan fingerprint density at radius 1 is 1.37 bits per heavy atom. The number of pyridine rings is 1. The number of ether oxygens (including phenoxy) is 2. The maximum atomic E-state index is 14.6. The summed E-state index contributed by atoms with van der Waals surface area (Å²) < 4.78 is 49.7. The zero-order chi connectivity index (χ0) is 21.9. The van der Waals surface area contributed by atoms with Crippen molar-refractivity contribution in [2.45, 2.75) is 24.3 Å². The second-order valence-corrected chi connectivity index (χ2v) is 9.18. The fraction of sp³-hybridized carbons (Fsp3) is 0.368. The first-order valence-electron chi connectivity index (χ1n) is 9.06. The average molecular weight is 440 g/mol. The third-order valence-corrected chi connectivity index (χ3v) is 6.19. The van der Waals surface area contributed by atoms with E-state index in [0.29, 0.717) is 24.5 Å². The molecule has 1 aliphatic heterocycles. The topological polar surface area (TPSA) is 124 Å². The van der Waals surface area contributed by atoms with Crippen molar-refractivity contribution >= 4 is 15.7 Å². The van der Waals surface area contributed by atoms with Crippen LogP contribution in [0.25, 0.3) is 11.1 Å². The molecule has 0 aliphatic carbocycles. The van der Waals surface area contributed by atoms with E-state index in [-0.39, 0.29) is 24.6 Å². The summed E-state index contributed by atoms with van der Waals surface area (Å²) in [5.74, 6) is -1.19. The maximum Gasteiger partial charge on any atom is 0.261 e. The average Bonchev–Trinajstić information content (AvgIpc) is 2.66. The number of nitrogens with one attached hydrogen (secondary N) is 1. The van der Waals surface area contributed by atoms with Crippen molar-refractivity contribution in [3.8, 4) is 16.9 Å².